The minimum absolute atomic E-state index is 0.0117. The van der Waals surface area contributed by atoms with Crippen molar-refractivity contribution in [2.75, 3.05) is 5.75 Å². The first-order valence-corrected chi connectivity index (χ1v) is 13.9. The number of carbonyl (C=O) groups is 4. The van der Waals surface area contributed by atoms with Gasteiger partial charge < -0.3 is 15.0 Å². The maximum atomic E-state index is 12.8. The van der Waals surface area contributed by atoms with E-state index >= 15 is 0 Å². The van der Waals surface area contributed by atoms with Gasteiger partial charge in [0.2, 0.25) is 11.0 Å². The molecule has 1 fully saturated rings. The fourth-order valence-corrected chi connectivity index (χ4v) is 7.71. The summed E-state index contributed by atoms with van der Waals surface area (Å²) >= 11 is 1.99. The van der Waals surface area contributed by atoms with Crippen LogP contribution in [0, 0.1) is 0 Å². The predicted octanol–water partition coefficient (Wildman–Crippen LogP) is 1.48. The number of aliphatic carboxylic acids is 1. The molecule has 1 saturated heterocycles. The number of thioether (sulfide) groups is 2. The summed E-state index contributed by atoms with van der Waals surface area (Å²) in [6.45, 7) is 1.69. The molecule has 14 heteroatoms. The molecule has 2 aliphatic heterocycles. The van der Waals surface area contributed by atoms with E-state index in [0.29, 0.717) is 9.92 Å². The van der Waals surface area contributed by atoms with Crippen LogP contribution in [0.15, 0.2) is 56.3 Å². The van der Waals surface area contributed by atoms with Gasteiger partial charge in [-0.25, -0.2) is 4.79 Å². The molecule has 178 valence electrons. The fraction of sp³-hybridized carbons (Fsp3) is 0.300. The Kier molecular flexibility index (Phi) is 7.62. The van der Waals surface area contributed by atoms with Crippen molar-refractivity contribution in [3.63, 3.8) is 0 Å². The number of hydrogen-bond donors (Lipinski definition) is 2. The van der Waals surface area contributed by atoms with E-state index in [1.165, 1.54) is 29.3 Å². The Labute approximate surface area is 209 Å². The van der Waals surface area contributed by atoms with Gasteiger partial charge in [0.05, 0.1) is 6.42 Å². The molecule has 2 aromatic rings. The Bertz CT molecular complexity index is 1140. The standard InChI is InChI=1S/C20H18N4O6S4/c1-10(34(30)11-4-6-31-8-11)7-13(25)22-15-17(26)24-16(19(27)28)12(9-32-18(15)24)20(29)33-14-3-2-5-21-23-14/h2-6,8,10,15,18H,7,9H2,1H3,(H,22,25)(H,27,28)/t10?,15?,18-,34?/m0/s1. The Morgan fingerprint density at radius 1 is 1.41 bits per heavy atom. The zero-order chi connectivity index (χ0) is 24.4. The molecule has 0 bridgehead atoms. The molecule has 34 heavy (non-hydrogen) atoms. The summed E-state index contributed by atoms with van der Waals surface area (Å²) in [6.07, 6.45) is 1.40. The lowest BCUT2D eigenvalue weighted by molar-refractivity contribution is -0.150. The molecule has 0 spiro atoms. The monoisotopic (exact) mass is 538 g/mol. The maximum Gasteiger partial charge on any atom is 0.353 e. The lowest BCUT2D eigenvalue weighted by Crippen LogP contribution is -2.70. The number of β-lactam (4-membered cyclic amide) rings is 1. The lowest BCUT2D eigenvalue weighted by Gasteiger charge is -2.49. The number of rotatable bonds is 8. The highest BCUT2D eigenvalue weighted by Crippen LogP contribution is 2.42. The van der Waals surface area contributed by atoms with Crippen LogP contribution >= 0.6 is 34.9 Å². The van der Waals surface area contributed by atoms with Gasteiger partial charge in [-0.05, 0) is 47.4 Å². The van der Waals surface area contributed by atoms with Gasteiger partial charge in [0.25, 0.3) is 5.91 Å². The van der Waals surface area contributed by atoms with E-state index in [4.69, 9.17) is 0 Å². The second-order valence-electron chi connectivity index (χ2n) is 7.31. The molecule has 2 aromatic heterocycles. The highest BCUT2D eigenvalue weighted by atomic mass is 32.2. The molecule has 2 N–H and O–H groups in total. The number of nitrogens with one attached hydrogen (secondary N) is 1. The predicted molar refractivity (Wildman–Crippen MR) is 127 cm³/mol. The van der Waals surface area contributed by atoms with Crippen LogP contribution in [0.4, 0.5) is 0 Å². The van der Waals surface area contributed by atoms with Crippen molar-refractivity contribution in [3.8, 4) is 0 Å². The topological polar surface area (TPSA) is 153 Å². The highest BCUT2D eigenvalue weighted by molar-refractivity contribution is 8.14. The van der Waals surface area contributed by atoms with Crippen LogP contribution in [0.5, 0.6) is 0 Å². The molecule has 4 rings (SSSR count). The quantitative estimate of drug-likeness (QED) is 0.287. The second-order valence-corrected chi connectivity index (χ2v) is 12.1. The zero-order valence-corrected chi connectivity index (χ0v) is 20.8. The molecule has 4 atom stereocenters. The van der Waals surface area contributed by atoms with Gasteiger partial charge in [0, 0.05) is 29.0 Å². The highest BCUT2D eigenvalue weighted by Gasteiger charge is 2.55. The van der Waals surface area contributed by atoms with Gasteiger partial charge in [-0.3, -0.25) is 19.3 Å². The van der Waals surface area contributed by atoms with Crippen LogP contribution < -0.4 is 5.32 Å². The first-order chi connectivity index (χ1) is 16.3. The van der Waals surface area contributed by atoms with Gasteiger partial charge in [-0.1, -0.05) is 0 Å². The van der Waals surface area contributed by atoms with Crippen molar-refractivity contribution >= 4 is 68.9 Å². The molecule has 0 saturated carbocycles. The van der Waals surface area contributed by atoms with Gasteiger partial charge in [-0.15, -0.1) is 28.2 Å². The summed E-state index contributed by atoms with van der Waals surface area (Å²) < 4.78 is 12.5. The molecule has 3 unspecified atom stereocenters. The molecule has 2 amide bonds. The third kappa shape index (κ3) is 5.00. The molecule has 0 aliphatic carbocycles. The van der Waals surface area contributed by atoms with Crippen LogP contribution in [0.1, 0.15) is 13.3 Å². The summed E-state index contributed by atoms with van der Waals surface area (Å²) in [6, 6.07) is 3.99. The van der Waals surface area contributed by atoms with E-state index in [9.17, 15) is 28.8 Å². The smallest absolute Gasteiger partial charge is 0.353 e. The number of nitrogens with zero attached hydrogens (tertiary/aromatic N) is 3. The SMILES string of the molecule is CC(CC(=O)NC1C(=O)N2C(C(=O)O)=C(C(=O)Sc3cccnn3)CS[C@@H]12)[S+]([O-])c1ccsc1. The number of aromatic nitrogens is 2. The van der Waals surface area contributed by atoms with Crippen LogP contribution in [-0.2, 0) is 30.4 Å². The third-order valence-corrected chi connectivity index (χ3v) is 9.63. The van der Waals surface area contributed by atoms with E-state index < -0.39 is 50.7 Å². The third-order valence-electron chi connectivity index (χ3n) is 5.04. The number of fused-ring (bicyclic) bond motifs is 1. The van der Waals surface area contributed by atoms with Crippen LogP contribution in [-0.4, -0.2) is 70.1 Å². The Morgan fingerprint density at radius 2 is 2.21 bits per heavy atom. The summed E-state index contributed by atoms with van der Waals surface area (Å²) in [5.74, 6) is -2.39. The normalized spacial score (nSPS) is 21.4. The molecular formula is C20H18N4O6S4. The number of thiophene rings is 1. The van der Waals surface area contributed by atoms with Crippen molar-refractivity contribution < 1.29 is 28.8 Å². The summed E-state index contributed by atoms with van der Waals surface area (Å²) in [5.41, 5.74) is -0.394. The van der Waals surface area contributed by atoms with Crippen molar-refractivity contribution in [2.45, 2.75) is 39.9 Å². The molecule has 0 aromatic carbocycles. The second kappa shape index (κ2) is 10.5. The largest absolute Gasteiger partial charge is 0.611 e. The molecular weight excluding hydrogens is 521 g/mol. The summed E-state index contributed by atoms with van der Waals surface area (Å²) in [4.78, 5) is 51.7. The number of carboxylic acids is 1. The minimum atomic E-state index is -1.40. The number of amides is 2. The van der Waals surface area contributed by atoms with E-state index in [1.54, 1.807) is 35.9 Å². The van der Waals surface area contributed by atoms with E-state index in [1.807, 2.05) is 0 Å². The number of hydrogen-bond acceptors (Lipinski definition) is 10. The first-order valence-electron chi connectivity index (χ1n) is 9.91. The Balaban J connectivity index is 1.42. The van der Waals surface area contributed by atoms with Crippen LogP contribution in [0.2, 0.25) is 0 Å². The van der Waals surface area contributed by atoms with E-state index in [2.05, 4.69) is 15.5 Å². The molecule has 4 heterocycles. The maximum absolute atomic E-state index is 12.8. The molecule has 10 nitrogen and oxygen atoms in total. The average molecular weight is 539 g/mol. The van der Waals surface area contributed by atoms with Crippen LogP contribution in [0.3, 0.4) is 0 Å². The van der Waals surface area contributed by atoms with Gasteiger partial charge >= 0.3 is 5.97 Å². The molecule has 2 aliphatic rings. The van der Waals surface area contributed by atoms with Gasteiger partial charge in [-0.2, -0.15) is 5.10 Å². The summed E-state index contributed by atoms with van der Waals surface area (Å²) in [5, 5.41) is 22.1. The van der Waals surface area contributed by atoms with Crippen molar-refractivity contribution in [1.29, 1.82) is 0 Å². The lowest BCUT2D eigenvalue weighted by atomic mass is 10.0. The average Bonchev–Trinajstić information content (AvgIpc) is 3.36. The van der Waals surface area contributed by atoms with Crippen molar-refractivity contribution in [3.05, 3.63) is 46.4 Å². The Morgan fingerprint density at radius 3 is 2.85 bits per heavy atom. The van der Waals surface area contributed by atoms with Crippen molar-refractivity contribution in [2.24, 2.45) is 0 Å². The van der Waals surface area contributed by atoms with Crippen LogP contribution in [0.25, 0.3) is 0 Å². The number of carboxylic acid groups (broad SMARTS) is 1. The minimum Gasteiger partial charge on any atom is -0.611 e. The fourth-order valence-electron chi connectivity index (χ4n) is 3.44. The Hall–Kier alpha value is -2.39. The van der Waals surface area contributed by atoms with E-state index in [-0.39, 0.29) is 23.4 Å². The number of carbonyl (C=O) groups excluding carboxylic acids is 3. The van der Waals surface area contributed by atoms with Gasteiger partial charge in [0.1, 0.15) is 27.4 Å². The van der Waals surface area contributed by atoms with Crippen molar-refractivity contribution in [1.82, 2.24) is 20.4 Å². The zero-order valence-electron chi connectivity index (χ0n) is 17.6. The first kappa shape index (κ1) is 24.7. The summed E-state index contributed by atoms with van der Waals surface area (Å²) in [7, 11) is 0. The van der Waals surface area contributed by atoms with Gasteiger partial charge in [0.15, 0.2) is 4.90 Å². The molecule has 0 radical (unpaired) electrons. The van der Waals surface area contributed by atoms with E-state index in [0.717, 1.165) is 16.7 Å².